The molecule has 0 spiro atoms. The lowest BCUT2D eigenvalue weighted by Gasteiger charge is -2.24. The molecule has 0 aromatic carbocycles. The molecule has 0 aliphatic carbocycles. The molecule has 0 aliphatic rings. The highest BCUT2D eigenvalue weighted by atomic mass is 16.6. The first-order valence-electron chi connectivity index (χ1n) is 9.23. The predicted molar refractivity (Wildman–Crippen MR) is 104 cm³/mol. The molecule has 0 bridgehead atoms. The summed E-state index contributed by atoms with van der Waals surface area (Å²) in [5, 5.41) is 9.50. The zero-order chi connectivity index (χ0) is 19.4. The molecule has 1 heterocycles. The van der Waals surface area contributed by atoms with E-state index in [-0.39, 0.29) is 6.04 Å². The van der Waals surface area contributed by atoms with Crippen LogP contribution in [0, 0.1) is 0 Å². The van der Waals surface area contributed by atoms with Gasteiger partial charge in [-0.1, -0.05) is 19.8 Å². The van der Waals surface area contributed by atoms with Crippen molar-refractivity contribution >= 4 is 12.1 Å². The van der Waals surface area contributed by atoms with Gasteiger partial charge in [0.15, 0.2) is 5.96 Å². The van der Waals surface area contributed by atoms with E-state index in [2.05, 4.69) is 32.9 Å². The number of amides is 1. The van der Waals surface area contributed by atoms with Gasteiger partial charge in [-0.25, -0.2) is 9.78 Å². The Hall–Kier alpha value is -2.25. The number of rotatable bonds is 9. The number of aromatic nitrogens is 2. The van der Waals surface area contributed by atoms with Gasteiger partial charge in [-0.05, 0) is 27.2 Å². The topological polar surface area (TPSA) is 92.6 Å². The lowest BCUT2D eigenvalue weighted by molar-refractivity contribution is 0.0523. The highest BCUT2D eigenvalue weighted by Crippen LogP contribution is 2.07. The maximum absolute atomic E-state index is 11.9. The van der Waals surface area contributed by atoms with Crippen LogP contribution in [0.1, 0.15) is 47.0 Å². The van der Waals surface area contributed by atoms with E-state index in [1.165, 1.54) is 0 Å². The van der Waals surface area contributed by atoms with Crippen molar-refractivity contribution in [1.29, 1.82) is 0 Å². The summed E-state index contributed by atoms with van der Waals surface area (Å²) in [5.41, 5.74) is -0.499. The van der Waals surface area contributed by atoms with Crippen molar-refractivity contribution in [2.45, 2.75) is 65.1 Å². The third kappa shape index (κ3) is 9.90. The van der Waals surface area contributed by atoms with Crippen LogP contribution in [0.15, 0.2) is 23.7 Å². The van der Waals surface area contributed by atoms with E-state index in [0.29, 0.717) is 6.54 Å². The number of guanidine groups is 1. The van der Waals surface area contributed by atoms with Crippen molar-refractivity contribution in [3.63, 3.8) is 0 Å². The summed E-state index contributed by atoms with van der Waals surface area (Å²) in [5.74, 6) is 0.720. The fourth-order valence-corrected chi connectivity index (χ4v) is 2.31. The first kappa shape index (κ1) is 21.8. The minimum atomic E-state index is -0.499. The van der Waals surface area contributed by atoms with E-state index >= 15 is 0 Å². The Bertz CT molecular complexity index is 536. The maximum Gasteiger partial charge on any atom is 0.407 e. The van der Waals surface area contributed by atoms with Crippen molar-refractivity contribution in [2.75, 3.05) is 20.1 Å². The number of alkyl carbamates (subject to hydrolysis) is 1. The van der Waals surface area contributed by atoms with E-state index in [1.54, 1.807) is 19.6 Å². The molecule has 8 heteroatoms. The second-order valence-corrected chi connectivity index (χ2v) is 7.17. The largest absolute Gasteiger partial charge is 0.444 e. The Morgan fingerprint density at radius 1 is 1.35 bits per heavy atom. The predicted octanol–water partition coefficient (Wildman–Crippen LogP) is 2.13. The monoisotopic (exact) mass is 366 g/mol. The zero-order valence-corrected chi connectivity index (χ0v) is 16.7. The third-order valence-electron chi connectivity index (χ3n) is 3.58. The van der Waals surface area contributed by atoms with Crippen LogP contribution >= 0.6 is 0 Å². The summed E-state index contributed by atoms with van der Waals surface area (Å²) in [6.07, 6.45) is 8.17. The van der Waals surface area contributed by atoms with E-state index in [1.807, 2.05) is 31.5 Å². The highest BCUT2D eigenvalue weighted by molar-refractivity contribution is 5.80. The first-order chi connectivity index (χ1) is 12.3. The summed E-state index contributed by atoms with van der Waals surface area (Å²) in [4.78, 5) is 20.2. The van der Waals surface area contributed by atoms with Gasteiger partial charge in [-0.15, -0.1) is 0 Å². The van der Waals surface area contributed by atoms with Gasteiger partial charge in [0.1, 0.15) is 5.60 Å². The first-order valence-corrected chi connectivity index (χ1v) is 9.23. The standard InChI is InChI=1S/C18H34N6O2/c1-6-7-8-15(13-22-17(25)26-18(2,3)4)23-16(19-5)21-10-12-24-11-9-20-14-24/h9,11,14-15H,6-8,10,12-13H2,1-5H3,(H,22,25)(H2,19,21,23). The average molecular weight is 367 g/mol. The SMILES string of the molecule is CCCCC(CNC(=O)OC(C)(C)C)NC(=NC)NCCn1ccnc1. The second-order valence-electron chi connectivity index (χ2n) is 7.17. The number of aliphatic imine (C=N–C) groups is 1. The number of carbonyl (C=O) groups excluding carboxylic acids is 1. The Labute approximate surface area is 156 Å². The Morgan fingerprint density at radius 3 is 2.69 bits per heavy atom. The van der Waals surface area contributed by atoms with Crippen molar-refractivity contribution in [3.8, 4) is 0 Å². The molecular formula is C18H34N6O2. The van der Waals surface area contributed by atoms with Gasteiger partial charge in [0.05, 0.1) is 6.33 Å². The van der Waals surface area contributed by atoms with Crippen LogP contribution in [-0.4, -0.2) is 53.4 Å². The normalized spacial score (nSPS) is 13.2. The fourth-order valence-electron chi connectivity index (χ4n) is 2.31. The smallest absolute Gasteiger partial charge is 0.407 e. The summed E-state index contributed by atoms with van der Waals surface area (Å²) in [7, 11) is 1.74. The Balaban J connectivity index is 2.45. The number of ether oxygens (including phenoxy) is 1. The molecule has 0 fully saturated rings. The van der Waals surface area contributed by atoms with Crippen LogP contribution < -0.4 is 16.0 Å². The number of hydrogen-bond acceptors (Lipinski definition) is 4. The number of imidazole rings is 1. The van der Waals surface area contributed by atoms with Gasteiger partial charge >= 0.3 is 6.09 Å². The fraction of sp³-hybridized carbons (Fsp3) is 0.722. The van der Waals surface area contributed by atoms with E-state index in [0.717, 1.165) is 38.3 Å². The molecule has 0 saturated carbocycles. The molecule has 1 rings (SSSR count). The van der Waals surface area contributed by atoms with Crippen LogP contribution in [0.25, 0.3) is 0 Å². The van der Waals surface area contributed by atoms with Gasteiger partial charge < -0.3 is 25.3 Å². The lowest BCUT2D eigenvalue weighted by atomic mass is 10.1. The van der Waals surface area contributed by atoms with Crippen molar-refractivity contribution in [2.24, 2.45) is 4.99 Å². The summed E-state index contributed by atoms with van der Waals surface area (Å²) in [6, 6.07) is 0.0851. The number of nitrogens with one attached hydrogen (secondary N) is 3. The van der Waals surface area contributed by atoms with E-state index in [4.69, 9.17) is 4.74 Å². The molecule has 3 N–H and O–H groups in total. The molecular weight excluding hydrogens is 332 g/mol. The van der Waals surface area contributed by atoms with Gasteiger partial charge in [0.25, 0.3) is 0 Å². The second kappa shape index (κ2) is 11.4. The maximum atomic E-state index is 11.9. The molecule has 1 aromatic rings. The molecule has 1 amide bonds. The third-order valence-corrected chi connectivity index (χ3v) is 3.58. The van der Waals surface area contributed by atoms with Gasteiger partial charge in [0.2, 0.25) is 0 Å². The highest BCUT2D eigenvalue weighted by Gasteiger charge is 2.18. The van der Waals surface area contributed by atoms with Crippen molar-refractivity contribution < 1.29 is 9.53 Å². The van der Waals surface area contributed by atoms with Gasteiger partial charge in [-0.2, -0.15) is 0 Å². The van der Waals surface area contributed by atoms with Crippen LogP contribution in [0.5, 0.6) is 0 Å². The van der Waals surface area contributed by atoms with Crippen LogP contribution in [0.3, 0.4) is 0 Å². The number of unbranched alkanes of at least 4 members (excludes halogenated alkanes) is 1. The zero-order valence-electron chi connectivity index (χ0n) is 16.7. The van der Waals surface area contributed by atoms with Crippen molar-refractivity contribution in [3.05, 3.63) is 18.7 Å². The van der Waals surface area contributed by atoms with Crippen LogP contribution in [-0.2, 0) is 11.3 Å². The molecule has 1 atom stereocenters. The minimum Gasteiger partial charge on any atom is -0.444 e. The molecule has 0 saturated heterocycles. The number of carbonyl (C=O) groups is 1. The van der Waals surface area contributed by atoms with Crippen molar-refractivity contribution in [1.82, 2.24) is 25.5 Å². The van der Waals surface area contributed by atoms with E-state index in [9.17, 15) is 4.79 Å². The van der Waals surface area contributed by atoms with Crippen LogP contribution in [0.2, 0.25) is 0 Å². The molecule has 8 nitrogen and oxygen atoms in total. The molecule has 0 aliphatic heterocycles. The number of hydrogen-bond donors (Lipinski definition) is 3. The van der Waals surface area contributed by atoms with Gasteiger partial charge in [0, 0.05) is 45.1 Å². The molecule has 26 heavy (non-hydrogen) atoms. The molecule has 1 unspecified atom stereocenters. The lowest BCUT2D eigenvalue weighted by Crippen LogP contribution is -2.49. The summed E-state index contributed by atoms with van der Waals surface area (Å²) >= 11 is 0. The van der Waals surface area contributed by atoms with E-state index < -0.39 is 11.7 Å². The van der Waals surface area contributed by atoms with Crippen LogP contribution in [0.4, 0.5) is 4.79 Å². The number of nitrogens with zero attached hydrogens (tertiary/aromatic N) is 3. The van der Waals surface area contributed by atoms with Gasteiger partial charge in [-0.3, -0.25) is 4.99 Å². The average Bonchev–Trinajstić information content (AvgIpc) is 3.07. The summed E-state index contributed by atoms with van der Waals surface area (Å²) < 4.78 is 7.30. The molecule has 148 valence electrons. The Morgan fingerprint density at radius 2 is 2.12 bits per heavy atom. The molecule has 1 aromatic heterocycles. The quantitative estimate of drug-likeness (QED) is 0.460. The molecule has 0 radical (unpaired) electrons. The minimum absolute atomic E-state index is 0.0851. The Kier molecular flexibility index (Phi) is 9.54. The summed E-state index contributed by atoms with van der Waals surface area (Å²) in [6.45, 7) is 9.72.